The number of rotatable bonds is 5. The maximum Gasteiger partial charge on any atom is 0.256 e. The fourth-order valence-corrected chi connectivity index (χ4v) is 2.81. The summed E-state index contributed by atoms with van der Waals surface area (Å²) < 4.78 is 1.57. The Morgan fingerprint density at radius 3 is 2.50 bits per heavy atom. The number of fused-ring (bicyclic) bond motifs is 1. The molecular weight excluding hydrogens is 332 g/mol. The largest absolute Gasteiger partial charge is 0.384 e. The van der Waals surface area contributed by atoms with Crippen molar-refractivity contribution < 1.29 is 4.79 Å². The number of benzene rings is 1. The van der Waals surface area contributed by atoms with Crippen LogP contribution in [0.2, 0.25) is 0 Å². The maximum absolute atomic E-state index is 12.5. The molecule has 0 atom stereocenters. The topological polar surface area (TPSA) is 129 Å². The first kappa shape index (κ1) is 17.4. The van der Waals surface area contributed by atoms with Gasteiger partial charge in [0.25, 0.3) is 5.91 Å². The predicted octanol–water partition coefficient (Wildman–Crippen LogP) is 1.80. The van der Waals surface area contributed by atoms with Crippen molar-refractivity contribution in [2.45, 2.75) is 26.8 Å². The Morgan fingerprint density at radius 2 is 1.92 bits per heavy atom. The molecule has 1 amide bonds. The van der Waals surface area contributed by atoms with Gasteiger partial charge < -0.3 is 21.4 Å². The highest BCUT2D eigenvalue weighted by atomic mass is 16.2. The fraction of sp³-hybridized carbons (Fsp3) is 0.222. The Bertz CT molecular complexity index is 1040. The van der Waals surface area contributed by atoms with E-state index in [4.69, 9.17) is 11.5 Å². The number of aryl methyl sites for hydroxylation is 2. The Kier molecular flexibility index (Phi) is 4.57. The van der Waals surface area contributed by atoms with Gasteiger partial charge >= 0.3 is 0 Å². The lowest BCUT2D eigenvalue weighted by Crippen LogP contribution is -2.28. The van der Waals surface area contributed by atoms with Gasteiger partial charge in [0.15, 0.2) is 5.65 Å². The summed E-state index contributed by atoms with van der Waals surface area (Å²) in [7, 11) is 0. The number of carbonyl (C=O) groups is 1. The van der Waals surface area contributed by atoms with E-state index in [-0.39, 0.29) is 16.8 Å². The molecule has 3 rings (SSSR count). The molecule has 8 heteroatoms. The van der Waals surface area contributed by atoms with Crippen LogP contribution in [-0.4, -0.2) is 20.4 Å². The number of aromatic nitrogens is 3. The summed E-state index contributed by atoms with van der Waals surface area (Å²) in [5.74, 6) is -0.529. The zero-order valence-corrected chi connectivity index (χ0v) is 14.6. The molecule has 2 aromatic heterocycles. The molecular formula is C18H20N6O2. The van der Waals surface area contributed by atoms with E-state index >= 15 is 0 Å². The third-order valence-corrected chi connectivity index (χ3v) is 4.22. The molecule has 0 fully saturated rings. The molecule has 0 unspecified atom stereocenters. The molecule has 0 bridgehead atoms. The van der Waals surface area contributed by atoms with Gasteiger partial charge in [0, 0.05) is 18.4 Å². The van der Waals surface area contributed by atoms with Crippen molar-refractivity contribution in [1.29, 1.82) is 0 Å². The molecule has 5 N–H and O–H groups in total. The van der Waals surface area contributed by atoms with Gasteiger partial charge in [0.05, 0.1) is 5.39 Å². The number of primary amides is 1. The van der Waals surface area contributed by atoms with Crippen LogP contribution in [-0.2, 0) is 13.0 Å². The van der Waals surface area contributed by atoms with Gasteiger partial charge in [0.1, 0.15) is 11.4 Å². The first-order valence-corrected chi connectivity index (χ1v) is 8.31. The summed E-state index contributed by atoms with van der Waals surface area (Å²) in [5.41, 5.74) is 12.9. The molecule has 1 aromatic carbocycles. The number of hydrogen-bond acceptors (Lipinski definition) is 6. The standard InChI is InChI=1S/C18H20N6O2/c1-3-10-5-7-11(8-6-10)22-18-21-9-12-14(25)13(16(20)26)15(19)24(4-2)17(12)23-18/h5-9H,3-4,19H2,1-2H3,(H2,20,26)(H,21,22,23). The molecule has 0 aliphatic rings. The summed E-state index contributed by atoms with van der Waals surface area (Å²) in [6.07, 6.45) is 2.34. The second-order valence-corrected chi connectivity index (χ2v) is 5.80. The van der Waals surface area contributed by atoms with Crippen LogP contribution < -0.4 is 22.2 Å². The SMILES string of the molecule is CCc1ccc(Nc2ncc3c(=O)c(C(N)=O)c(N)n(CC)c3n2)cc1. The highest BCUT2D eigenvalue weighted by molar-refractivity contribution is 6.00. The van der Waals surface area contributed by atoms with Crippen molar-refractivity contribution >= 4 is 34.4 Å². The Labute approximate surface area is 149 Å². The van der Waals surface area contributed by atoms with E-state index in [9.17, 15) is 9.59 Å². The Balaban J connectivity index is 2.11. The highest BCUT2D eigenvalue weighted by Crippen LogP contribution is 2.19. The molecule has 0 aliphatic carbocycles. The molecule has 8 nitrogen and oxygen atoms in total. The lowest BCUT2D eigenvalue weighted by atomic mass is 10.1. The van der Waals surface area contributed by atoms with Gasteiger partial charge in [0.2, 0.25) is 11.4 Å². The number of nitrogen functional groups attached to an aromatic ring is 1. The normalized spacial score (nSPS) is 10.8. The lowest BCUT2D eigenvalue weighted by Gasteiger charge is -2.14. The minimum atomic E-state index is -0.866. The van der Waals surface area contributed by atoms with Crippen molar-refractivity contribution in [3.05, 3.63) is 51.8 Å². The van der Waals surface area contributed by atoms with Gasteiger partial charge in [-0.25, -0.2) is 4.98 Å². The van der Waals surface area contributed by atoms with Crippen molar-refractivity contribution in [3.63, 3.8) is 0 Å². The van der Waals surface area contributed by atoms with Gasteiger partial charge in [-0.3, -0.25) is 9.59 Å². The first-order valence-electron chi connectivity index (χ1n) is 8.31. The Hall–Kier alpha value is -3.42. The van der Waals surface area contributed by atoms with Crippen molar-refractivity contribution in [2.24, 2.45) is 5.73 Å². The van der Waals surface area contributed by atoms with E-state index in [0.717, 1.165) is 12.1 Å². The average Bonchev–Trinajstić information content (AvgIpc) is 2.62. The summed E-state index contributed by atoms with van der Waals surface area (Å²) in [6, 6.07) is 7.90. The third-order valence-electron chi connectivity index (χ3n) is 4.22. The second-order valence-electron chi connectivity index (χ2n) is 5.80. The van der Waals surface area contributed by atoms with E-state index in [2.05, 4.69) is 22.2 Å². The maximum atomic E-state index is 12.5. The monoisotopic (exact) mass is 352 g/mol. The molecule has 0 saturated heterocycles. The zero-order chi connectivity index (χ0) is 18.8. The molecule has 0 saturated carbocycles. The summed E-state index contributed by atoms with van der Waals surface area (Å²) in [6.45, 7) is 4.35. The van der Waals surface area contributed by atoms with Crippen molar-refractivity contribution in [2.75, 3.05) is 11.1 Å². The van der Waals surface area contributed by atoms with Crippen molar-refractivity contribution in [1.82, 2.24) is 14.5 Å². The number of amides is 1. The van der Waals surface area contributed by atoms with E-state index in [1.807, 2.05) is 31.2 Å². The van der Waals surface area contributed by atoms with E-state index in [1.165, 1.54) is 11.8 Å². The number of pyridine rings is 1. The number of nitrogens with one attached hydrogen (secondary N) is 1. The third kappa shape index (κ3) is 2.97. The van der Waals surface area contributed by atoms with E-state index < -0.39 is 11.3 Å². The van der Waals surface area contributed by atoms with Crippen molar-refractivity contribution in [3.8, 4) is 0 Å². The van der Waals surface area contributed by atoms with E-state index in [1.54, 1.807) is 4.57 Å². The lowest BCUT2D eigenvalue weighted by molar-refractivity contribution is 0.1000. The fourth-order valence-electron chi connectivity index (χ4n) is 2.81. The van der Waals surface area contributed by atoms with Gasteiger partial charge in [-0.15, -0.1) is 0 Å². The van der Waals surface area contributed by atoms with Gasteiger partial charge in [-0.2, -0.15) is 4.98 Å². The summed E-state index contributed by atoms with van der Waals surface area (Å²) in [4.78, 5) is 32.7. The average molecular weight is 352 g/mol. The molecule has 3 aromatic rings. The number of carbonyl (C=O) groups excluding carboxylic acids is 1. The van der Waals surface area contributed by atoms with E-state index in [0.29, 0.717) is 18.1 Å². The predicted molar refractivity (Wildman–Crippen MR) is 102 cm³/mol. The molecule has 0 radical (unpaired) electrons. The smallest absolute Gasteiger partial charge is 0.256 e. The molecule has 2 heterocycles. The van der Waals surface area contributed by atoms with Crippen LogP contribution in [0.15, 0.2) is 35.3 Å². The molecule has 0 spiro atoms. The minimum absolute atomic E-state index is 0.00875. The minimum Gasteiger partial charge on any atom is -0.384 e. The van der Waals surface area contributed by atoms with Crippen LogP contribution in [0.5, 0.6) is 0 Å². The highest BCUT2D eigenvalue weighted by Gasteiger charge is 2.19. The van der Waals surface area contributed by atoms with Gasteiger partial charge in [-0.05, 0) is 31.0 Å². The molecule has 0 aliphatic heterocycles. The quantitative estimate of drug-likeness (QED) is 0.642. The number of anilines is 3. The second kappa shape index (κ2) is 6.83. The van der Waals surface area contributed by atoms with Crippen LogP contribution in [0.4, 0.5) is 17.5 Å². The number of hydrogen-bond donors (Lipinski definition) is 3. The van der Waals surface area contributed by atoms with Crippen LogP contribution in [0.25, 0.3) is 11.0 Å². The molecule has 134 valence electrons. The first-order chi connectivity index (χ1) is 12.5. The Morgan fingerprint density at radius 1 is 1.23 bits per heavy atom. The van der Waals surface area contributed by atoms with Crippen LogP contribution in [0.1, 0.15) is 29.8 Å². The summed E-state index contributed by atoms with van der Waals surface area (Å²) in [5, 5.41) is 3.30. The van der Waals surface area contributed by atoms with Gasteiger partial charge in [-0.1, -0.05) is 19.1 Å². The van der Waals surface area contributed by atoms with Crippen LogP contribution in [0, 0.1) is 0 Å². The summed E-state index contributed by atoms with van der Waals surface area (Å²) >= 11 is 0. The van der Waals surface area contributed by atoms with Crippen LogP contribution >= 0.6 is 0 Å². The number of nitrogens with two attached hydrogens (primary N) is 2. The molecule has 26 heavy (non-hydrogen) atoms. The number of nitrogens with zero attached hydrogens (tertiary/aromatic N) is 3. The van der Waals surface area contributed by atoms with Crippen LogP contribution in [0.3, 0.4) is 0 Å². The zero-order valence-electron chi connectivity index (χ0n) is 14.6.